The Kier molecular flexibility index (Phi) is 14.3. The molecule has 0 unspecified atom stereocenters. The Bertz CT molecular complexity index is 2740. The zero-order valence-corrected chi connectivity index (χ0v) is 38.3. The Morgan fingerprint density at radius 3 is 1.42 bits per heavy atom. The van der Waals surface area contributed by atoms with Crippen LogP contribution in [-0.4, -0.2) is 97.6 Å². The summed E-state index contributed by atoms with van der Waals surface area (Å²) in [6.07, 6.45) is 1.45. The average molecular weight is 1000 g/mol. The molecule has 0 spiro atoms. The molecular weight excluding hydrogens is 964 g/mol. The van der Waals surface area contributed by atoms with Crippen LogP contribution >= 0.6 is 50.2 Å². The van der Waals surface area contributed by atoms with Crippen molar-refractivity contribution in [1.82, 2.24) is 18.6 Å². The summed E-state index contributed by atoms with van der Waals surface area (Å²) in [6, 6.07) is 25.8. The zero-order chi connectivity index (χ0) is 44.0. The van der Waals surface area contributed by atoms with Gasteiger partial charge in [0, 0.05) is 110 Å². The molecule has 4 aromatic carbocycles. The van der Waals surface area contributed by atoms with Crippen molar-refractivity contribution in [2.75, 3.05) is 62.2 Å². The van der Waals surface area contributed by atoms with Crippen molar-refractivity contribution in [3.8, 4) is 0 Å². The minimum absolute atomic E-state index is 0.0612. The molecule has 0 atom stereocenters. The van der Waals surface area contributed by atoms with Gasteiger partial charge in [-0.2, -0.15) is 8.61 Å². The number of hydrogen-bond donors (Lipinski definition) is 0. The molecule has 62 heavy (non-hydrogen) atoms. The Balaban J connectivity index is 0.000000186. The summed E-state index contributed by atoms with van der Waals surface area (Å²) in [7, 11) is -7.38. The van der Waals surface area contributed by atoms with Gasteiger partial charge in [-0.15, -0.1) is 22.7 Å². The first-order chi connectivity index (χ1) is 29.6. The molecule has 0 bridgehead atoms. The molecule has 0 N–H and O–H groups in total. The number of hydrogen-bond acceptors (Lipinski definition) is 14. The molecule has 22 heteroatoms. The van der Waals surface area contributed by atoms with Crippen molar-refractivity contribution in [2.24, 2.45) is 0 Å². The van der Waals surface area contributed by atoms with Gasteiger partial charge in [-0.3, -0.25) is 20.2 Å². The molecule has 2 saturated heterocycles. The molecule has 2 aromatic heterocycles. The van der Waals surface area contributed by atoms with Gasteiger partial charge in [-0.1, -0.05) is 51.8 Å². The normalized spacial score (nSPS) is 15.2. The van der Waals surface area contributed by atoms with Crippen molar-refractivity contribution in [3.05, 3.63) is 160 Å². The van der Waals surface area contributed by atoms with E-state index in [4.69, 9.17) is 21.6 Å². The van der Waals surface area contributed by atoms with E-state index in [9.17, 15) is 37.1 Å². The number of rotatable bonds is 12. The van der Waals surface area contributed by atoms with Gasteiger partial charge in [0.25, 0.3) is 11.4 Å². The van der Waals surface area contributed by atoms with Gasteiger partial charge >= 0.3 is 0 Å². The topological polar surface area (TPSA) is 193 Å². The van der Waals surface area contributed by atoms with E-state index >= 15 is 0 Å². The number of piperazine rings is 2. The fourth-order valence-corrected chi connectivity index (χ4v) is 11.9. The number of nitro benzene ring substituents is 2. The van der Waals surface area contributed by atoms with Gasteiger partial charge in [0.15, 0.2) is 10.3 Å². The maximum Gasteiger partial charge on any atom is 0.269 e. The van der Waals surface area contributed by atoms with Crippen molar-refractivity contribution in [1.29, 1.82) is 0 Å². The molecule has 2 fully saturated rings. The van der Waals surface area contributed by atoms with Gasteiger partial charge in [-0.05, 0) is 59.7 Å². The molecule has 0 aliphatic carbocycles. The van der Waals surface area contributed by atoms with Gasteiger partial charge < -0.3 is 9.80 Å². The fraction of sp³-hybridized carbons (Fsp3) is 0.250. The Labute approximate surface area is 379 Å². The highest BCUT2D eigenvalue weighted by atomic mass is 79.9. The highest BCUT2D eigenvalue weighted by molar-refractivity contribution is 9.10. The number of anilines is 2. The number of aromatic nitrogens is 2. The van der Waals surface area contributed by atoms with E-state index in [2.05, 4.69) is 37.9 Å². The highest BCUT2D eigenvalue weighted by Crippen LogP contribution is 2.28. The lowest BCUT2D eigenvalue weighted by atomic mass is 10.1. The second-order valence-corrected chi connectivity index (χ2v) is 21.0. The van der Waals surface area contributed by atoms with E-state index in [0.717, 1.165) is 38.1 Å². The molecule has 0 amide bonds. The van der Waals surface area contributed by atoms with Crippen LogP contribution in [0.1, 0.15) is 22.5 Å². The van der Waals surface area contributed by atoms with E-state index < -0.39 is 29.9 Å². The first-order valence-electron chi connectivity index (χ1n) is 19.0. The van der Waals surface area contributed by atoms with Crippen LogP contribution in [0.2, 0.25) is 5.02 Å². The first kappa shape index (κ1) is 45.2. The number of non-ortho nitro benzene ring substituents is 2. The van der Waals surface area contributed by atoms with Gasteiger partial charge in [0.05, 0.1) is 31.0 Å². The first-order valence-corrected chi connectivity index (χ1v) is 24.8. The lowest BCUT2D eigenvalue weighted by molar-refractivity contribution is -0.385. The third-order valence-corrected chi connectivity index (χ3v) is 16.5. The summed E-state index contributed by atoms with van der Waals surface area (Å²) in [5, 5.41) is 28.1. The summed E-state index contributed by atoms with van der Waals surface area (Å²) in [5.74, 6) is 0. The van der Waals surface area contributed by atoms with Crippen LogP contribution in [0.15, 0.2) is 122 Å². The SMILES string of the molecule is O=[N+]([O-])c1ccc(S(=O)(=O)N2CCN(c3nc(Cc4ccc(Cl)cc4)cs3)CC2)cc1.O=[N+]([O-])c1ccc(S(=O)(=O)N2CCN(c3nc(Cc4cccc(Br)c4)cs3)CC2)cc1. The minimum Gasteiger partial charge on any atom is -0.345 e. The molecule has 4 heterocycles. The summed E-state index contributed by atoms with van der Waals surface area (Å²) >= 11 is 12.5. The number of nitrogens with zero attached hydrogens (tertiary/aromatic N) is 8. The van der Waals surface area contributed by atoms with E-state index in [1.807, 2.05) is 47.2 Å². The van der Waals surface area contributed by atoms with Crippen LogP contribution in [0.3, 0.4) is 0 Å². The predicted molar refractivity (Wildman–Crippen MR) is 244 cm³/mol. The molecular formula is C40H38BrClN8O8S4. The number of thiazole rings is 2. The number of halogens is 2. The second-order valence-electron chi connectivity index (χ2n) is 14.1. The quantitative estimate of drug-likeness (QED) is 0.0858. The molecule has 324 valence electrons. The second kappa shape index (κ2) is 19.7. The summed E-state index contributed by atoms with van der Waals surface area (Å²) < 4.78 is 55.3. The Hall–Kier alpha value is -4.87. The summed E-state index contributed by atoms with van der Waals surface area (Å²) in [5.41, 5.74) is 3.97. The molecule has 2 aliphatic heterocycles. The van der Waals surface area contributed by atoms with Crippen LogP contribution in [0.25, 0.3) is 0 Å². The van der Waals surface area contributed by atoms with Gasteiger partial charge in [0.1, 0.15) is 0 Å². The fourth-order valence-electron chi connectivity index (χ4n) is 6.73. The number of benzene rings is 4. The van der Waals surface area contributed by atoms with Gasteiger partial charge in [0.2, 0.25) is 20.0 Å². The van der Waals surface area contributed by atoms with E-state index in [1.54, 1.807) is 22.7 Å². The van der Waals surface area contributed by atoms with Crippen LogP contribution in [0, 0.1) is 20.2 Å². The van der Waals surface area contributed by atoms with Crippen LogP contribution in [0.5, 0.6) is 0 Å². The predicted octanol–water partition coefficient (Wildman–Crippen LogP) is 7.72. The maximum atomic E-state index is 12.9. The average Bonchev–Trinajstić information content (AvgIpc) is 3.95. The number of nitro groups is 2. The van der Waals surface area contributed by atoms with Crippen LogP contribution < -0.4 is 9.80 Å². The largest absolute Gasteiger partial charge is 0.345 e. The third-order valence-electron chi connectivity index (χ3n) is 10.0. The molecule has 0 saturated carbocycles. The number of sulfonamides is 2. The monoisotopic (exact) mass is 1000 g/mol. The van der Waals surface area contributed by atoms with Crippen LogP contribution in [0.4, 0.5) is 21.6 Å². The van der Waals surface area contributed by atoms with Crippen molar-refractivity contribution < 1.29 is 26.7 Å². The smallest absolute Gasteiger partial charge is 0.269 e. The molecule has 2 aliphatic rings. The maximum absolute atomic E-state index is 12.9. The van der Waals surface area contributed by atoms with E-state index in [1.165, 1.54) is 62.7 Å². The minimum atomic E-state index is -3.69. The third kappa shape index (κ3) is 11.0. The van der Waals surface area contributed by atoms with Gasteiger partial charge in [-0.25, -0.2) is 26.8 Å². The summed E-state index contributed by atoms with van der Waals surface area (Å²) in [6.45, 7) is 3.45. The standard InChI is InChI=1S/C20H19BrN4O4S2.C20H19ClN4O4S2/c21-16-3-1-2-15(12-16)13-17-14-30-20(22-17)23-8-10-24(11-9-23)31(28,29)19-6-4-18(5-7-19)25(26)27;21-16-3-1-15(2-4-16)13-17-14-30-20(22-17)23-9-11-24(12-10-23)31(28,29)19-7-5-18(6-8-19)25(26)27/h1-7,12,14H,8-11,13H2;1-8,14H,9-13H2. The molecule has 6 aromatic rings. The Morgan fingerprint density at radius 2 is 1.02 bits per heavy atom. The lowest BCUT2D eigenvalue weighted by Gasteiger charge is -2.33. The van der Waals surface area contributed by atoms with E-state index in [-0.39, 0.29) is 21.2 Å². The summed E-state index contributed by atoms with van der Waals surface area (Å²) in [4.78, 5) is 34.2. The highest BCUT2D eigenvalue weighted by Gasteiger charge is 2.31. The van der Waals surface area contributed by atoms with Crippen molar-refractivity contribution in [3.63, 3.8) is 0 Å². The molecule has 16 nitrogen and oxygen atoms in total. The Morgan fingerprint density at radius 1 is 0.597 bits per heavy atom. The lowest BCUT2D eigenvalue weighted by Crippen LogP contribution is -2.48. The van der Waals surface area contributed by atoms with Crippen molar-refractivity contribution >= 4 is 91.9 Å². The zero-order valence-electron chi connectivity index (χ0n) is 32.7. The van der Waals surface area contributed by atoms with Crippen molar-refractivity contribution in [2.45, 2.75) is 22.6 Å². The van der Waals surface area contributed by atoms with Crippen LogP contribution in [-0.2, 0) is 32.9 Å². The van der Waals surface area contributed by atoms with E-state index in [0.29, 0.717) is 63.8 Å². The molecule has 8 rings (SSSR count). The molecule has 0 radical (unpaired) electrons.